The highest BCUT2D eigenvalue weighted by atomic mass is 16.5. The number of hydrogen-bond donors (Lipinski definition) is 2. The lowest BCUT2D eigenvalue weighted by Gasteiger charge is -2.09. The number of anilines is 2. The molecule has 8 nitrogen and oxygen atoms in total. The summed E-state index contributed by atoms with van der Waals surface area (Å²) in [6, 6.07) is 11.4. The molecule has 1 amide bonds. The van der Waals surface area contributed by atoms with E-state index in [-0.39, 0.29) is 11.5 Å². The van der Waals surface area contributed by atoms with Crippen LogP contribution >= 0.6 is 0 Å². The van der Waals surface area contributed by atoms with Crippen molar-refractivity contribution in [2.75, 3.05) is 17.7 Å². The van der Waals surface area contributed by atoms with E-state index in [1.807, 2.05) is 6.07 Å². The molecule has 4 aromatic rings. The highest BCUT2D eigenvalue weighted by Crippen LogP contribution is 2.32. The second-order valence-electron chi connectivity index (χ2n) is 7.65. The Labute approximate surface area is 185 Å². The molecule has 0 atom stereocenters. The third-order valence-electron chi connectivity index (χ3n) is 5.17. The van der Waals surface area contributed by atoms with E-state index in [2.05, 4.69) is 47.7 Å². The number of ether oxygens (including phenoxy) is 1. The normalized spacial score (nSPS) is 10.9. The molecule has 164 valence electrons. The number of carbonyl (C=O) groups excluding carboxylic acids is 2. The van der Waals surface area contributed by atoms with Crippen LogP contribution in [0.4, 0.5) is 11.4 Å². The summed E-state index contributed by atoms with van der Waals surface area (Å²) < 4.78 is 11.7. The van der Waals surface area contributed by atoms with Gasteiger partial charge in [0.25, 0.3) is 5.91 Å². The molecule has 0 fully saturated rings. The Kier molecular flexibility index (Phi) is 5.68. The molecular weight excluding hydrogens is 408 g/mol. The van der Waals surface area contributed by atoms with Gasteiger partial charge in [-0.2, -0.15) is 0 Å². The van der Waals surface area contributed by atoms with Crippen molar-refractivity contribution < 1.29 is 18.7 Å². The molecule has 4 rings (SSSR count). The van der Waals surface area contributed by atoms with E-state index in [4.69, 9.17) is 9.15 Å². The number of amides is 1. The van der Waals surface area contributed by atoms with Gasteiger partial charge in [0.1, 0.15) is 5.65 Å². The van der Waals surface area contributed by atoms with Crippen LogP contribution in [-0.2, 0) is 18.3 Å². The van der Waals surface area contributed by atoms with E-state index in [9.17, 15) is 9.59 Å². The van der Waals surface area contributed by atoms with Crippen molar-refractivity contribution in [1.29, 1.82) is 0 Å². The smallest absolute Gasteiger partial charge is 0.356 e. The van der Waals surface area contributed by atoms with E-state index >= 15 is 0 Å². The van der Waals surface area contributed by atoms with Gasteiger partial charge in [-0.05, 0) is 37.6 Å². The second-order valence-corrected chi connectivity index (χ2v) is 7.65. The number of nitrogens with one attached hydrogen (secondary N) is 2. The molecule has 0 saturated heterocycles. The number of pyridine rings is 1. The number of benzene rings is 1. The van der Waals surface area contributed by atoms with E-state index in [1.54, 1.807) is 29.9 Å². The summed E-state index contributed by atoms with van der Waals surface area (Å²) in [5.41, 5.74) is 5.36. The first-order valence-corrected chi connectivity index (χ1v) is 10.1. The summed E-state index contributed by atoms with van der Waals surface area (Å²) >= 11 is 0. The van der Waals surface area contributed by atoms with Gasteiger partial charge in [-0.25, -0.2) is 9.78 Å². The number of carbonyl (C=O) groups is 2. The number of hydrogen-bond acceptors (Lipinski definition) is 6. The summed E-state index contributed by atoms with van der Waals surface area (Å²) in [6.07, 6.45) is 3.11. The van der Waals surface area contributed by atoms with Gasteiger partial charge in [0.15, 0.2) is 11.5 Å². The number of rotatable bonds is 6. The molecule has 0 unspecified atom stereocenters. The van der Waals surface area contributed by atoms with E-state index in [1.165, 1.54) is 24.5 Å². The summed E-state index contributed by atoms with van der Waals surface area (Å²) in [6.45, 7) is 4.74. The standard InChI is InChI=1S/C24H24N4O4/c1-14-8-15(2)10-16(9-14)12-25-17-11-18-20(27-23(29)19-6-5-7-32-19)21(24(30)31-4)28(3)22(18)26-13-17/h5-11,13,25H,12H2,1-4H3,(H,27,29). The number of esters is 1. The second kappa shape index (κ2) is 8.58. The Morgan fingerprint density at radius 2 is 1.91 bits per heavy atom. The summed E-state index contributed by atoms with van der Waals surface area (Å²) in [5.74, 6) is -0.916. The zero-order valence-corrected chi connectivity index (χ0v) is 18.4. The number of methoxy groups -OCH3 is 1. The number of furan rings is 1. The van der Waals surface area contributed by atoms with Gasteiger partial charge in [-0.3, -0.25) is 4.79 Å². The molecular formula is C24H24N4O4. The molecule has 2 N–H and O–H groups in total. The minimum atomic E-state index is -0.579. The van der Waals surface area contributed by atoms with Crippen molar-refractivity contribution in [3.05, 3.63) is 77.0 Å². The van der Waals surface area contributed by atoms with Gasteiger partial charge in [0.2, 0.25) is 0 Å². The van der Waals surface area contributed by atoms with Crippen LogP contribution in [0.2, 0.25) is 0 Å². The molecule has 0 radical (unpaired) electrons. The lowest BCUT2D eigenvalue weighted by Crippen LogP contribution is -2.16. The molecule has 32 heavy (non-hydrogen) atoms. The van der Waals surface area contributed by atoms with Gasteiger partial charge < -0.3 is 24.4 Å². The number of aromatic nitrogens is 2. The maximum absolute atomic E-state index is 12.6. The Bertz CT molecular complexity index is 1290. The zero-order chi connectivity index (χ0) is 22.8. The average molecular weight is 432 g/mol. The summed E-state index contributed by atoms with van der Waals surface area (Å²) in [4.78, 5) is 29.7. The molecule has 3 heterocycles. The lowest BCUT2D eigenvalue weighted by molar-refractivity contribution is 0.0591. The van der Waals surface area contributed by atoms with Crippen LogP contribution in [-0.4, -0.2) is 28.5 Å². The first-order valence-electron chi connectivity index (χ1n) is 10.1. The Morgan fingerprint density at radius 1 is 1.16 bits per heavy atom. The van der Waals surface area contributed by atoms with Crippen molar-refractivity contribution in [3.63, 3.8) is 0 Å². The fourth-order valence-corrected chi connectivity index (χ4v) is 3.83. The van der Waals surface area contributed by atoms with Crippen LogP contribution in [0, 0.1) is 13.8 Å². The first kappa shape index (κ1) is 21.2. The maximum atomic E-state index is 12.6. The largest absolute Gasteiger partial charge is 0.464 e. The Morgan fingerprint density at radius 3 is 2.56 bits per heavy atom. The summed E-state index contributed by atoms with van der Waals surface area (Å²) in [7, 11) is 3.00. The lowest BCUT2D eigenvalue weighted by atomic mass is 10.1. The molecule has 0 aliphatic carbocycles. The van der Waals surface area contributed by atoms with Crippen LogP contribution in [0.15, 0.2) is 53.3 Å². The third kappa shape index (κ3) is 4.07. The minimum absolute atomic E-state index is 0.134. The zero-order valence-electron chi connectivity index (χ0n) is 18.4. The van der Waals surface area contributed by atoms with Crippen molar-refractivity contribution in [2.24, 2.45) is 7.05 Å². The minimum Gasteiger partial charge on any atom is -0.464 e. The predicted molar refractivity (Wildman–Crippen MR) is 122 cm³/mol. The SMILES string of the molecule is COC(=O)c1c(NC(=O)c2ccco2)c2cc(NCc3cc(C)cc(C)c3)cnc2n1C. The molecule has 0 aliphatic rings. The maximum Gasteiger partial charge on any atom is 0.356 e. The number of nitrogens with zero attached hydrogens (tertiary/aromatic N) is 2. The van der Waals surface area contributed by atoms with Crippen molar-refractivity contribution >= 4 is 34.3 Å². The van der Waals surface area contributed by atoms with Gasteiger partial charge in [0, 0.05) is 19.0 Å². The molecule has 0 saturated carbocycles. The van der Waals surface area contributed by atoms with Gasteiger partial charge >= 0.3 is 5.97 Å². The molecule has 3 aromatic heterocycles. The molecule has 0 spiro atoms. The van der Waals surface area contributed by atoms with Crippen LogP contribution < -0.4 is 10.6 Å². The van der Waals surface area contributed by atoms with Gasteiger partial charge in [0.05, 0.1) is 30.9 Å². The van der Waals surface area contributed by atoms with Crippen LogP contribution in [0.3, 0.4) is 0 Å². The first-order chi connectivity index (χ1) is 15.4. The fraction of sp³-hybridized carbons (Fsp3) is 0.208. The van der Waals surface area contributed by atoms with Crippen molar-refractivity contribution in [2.45, 2.75) is 20.4 Å². The molecule has 8 heteroatoms. The van der Waals surface area contributed by atoms with Crippen LogP contribution in [0.1, 0.15) is 37.7 Å². The average Bonchev–Trinajstić information content (AvgIpc) is 3.39. The van der Waals surface area contributed by atoms with E-state index in [0.29, 0.717) is 23.3 Å². The molecule has 0 bridgehead atoms. The van der Waals surface area contributed by atoms with Crippen molar-refractivity contribution in [3.8, 4) is 0 Å². The fourth-order valence-electron chi connectivity index (χ4n) is 3.83. The van der Waals surface area contributed by atoms with E-state index in [0.717, 1.165) is 11.3 Å². The van der Waals surface area contributed by atoms with Gasteiger partial charge in [-0.1, -0.05) is 29.3 Å². The number of fused-ring (bicyclic) bond motifs is 1. The summed E-state index contributed by atoms with van der Waals surface area (Å²) in [5, 5.41) is 6.76. The monoisotopic (exact) mass is 432 g/mol. The third-order valence-corrected chi connectivity index (χ3v) is 5.17. The van der Waals surface area contributed by atoms with Gasteiger partial charge in [-0.15, -0.1) is 0 Å². The van der Waals surface area contributed by atoms with E-state index < -0.39 is 11.9 Å². The predicted octanol–water partition coefficient (Wildman–Crippen LogP) is 4.43. The topological polar surface area (TPSA) is 98.4 Å². The van der Waals surface area contributed by atoms with Crippen LogP contribution in [0.25, 0.3) is 11.0 Å². The number of aryl methyl sites for hydroxylation is 3. The highest BCUT2D eigenvalue weighted by molar-refractivity contribution is 6.14. The quantitative estimate of drug-likeness (QED) is 0.437. The van der Waals surface area contributed by atoms with Crippen LogP contribution in [0.5, 0.6) is 0 Å². The Hall–Kier alpha value is -4.07. The van der Waals surface area contributed by atoms with Crippen molar-refractivity contribution in [1.82, 2.24) is 9.55 Å². The highest BCUT2D eigenvalue weighted by Gasteiger charge is 2.25. The molecule has 0 aliphatic heterocycles. The Balaban J connectivity index is 1.71. The molecule has 1 aromatic carbocycles.